The fourth-order valence-electron chi connectivity index (χ4n) is 1.82. The van der Waals surface area contributed by atoms with Gasteiger partial charge in [-0.2, -0.15) is 0 Å². The van der Waals surface area contributed by atoms with Crippen molar-refractivity contribution < 1.29 is 27.9 Å². The Hall–Kier alpha value is -3.22. The van der Waals surface area contributed by atoms with Gasteiger partial charge in [0.15, 0.2) is 6.61 Å². The minimum atomic E-state index is -0.812. The first-order valence-corrected chi connectivity index (χ1v) is 6.94. The van der Waals surface area contributed by atoms with E-state index in [1.54, 1.807) is 12.1 Å². The average Bonchev–Trinajstić information content (AvgIpc) is 3.03. The van der Waals surface area contributed by atoms with Gasteiger partial charge in [-0.05, 0) is 36.4 Å². The fraction of sp³-hybridized carbons (Fsp3) is 0.118. The van der Waals surface area contributed by atoms with Crippen molar-refractivity contribution in [1.82, 2.24) is 0 Å². The van der Waals surface area contributed by atoms with Crippen molar-refractivity contribution in [3.63, 3.8) is 0 Å². The maximum atomic E-state index is 13.9. The first-order chi connectivity index (χ1) is 11.5. The predicted molar refractivity (Wildman–Crippen MR) is 83.7 cm³/mol. The summed E-state index contributed by atoms with van der Waals surface area (Å²) in [4.78, 5) is 34.3. The average molecular weight is 331 g/mol. The molecule has 7 heteroatoms. The number of furan rings is 1. The van der Waals surface area contributed by atoms with E-state index in [2.05, 4.69) is 5.32 Å². The molecule has 1 aromatic carbocycles. The summed E-state index contributed by atoms with van der Waals surface area (Å²) in [7, 11) is 0. The molecule has 0 radical (unpaired) electrons. The topological polar surface area (TPSA) is 85.6 Å². The van der Waals surface area contributed by atoms with E-state index in [0.29, 0.717) is 5.76 Å². The Balaban J connectivity index is 1.92. The zero-order valence-electron chi connectivity index (χ0n) is 12.7. The molecule has 0 atom stereocenters. The Labute approximate surface area is 136 Å². The Bertz CT molecular complexity index is 780. The normalized spacial score (nSPS) is 10.6. The van der Waals surface area contributed by atoms with E-state index in [-0.39, 0.29) is 17.2 Å². The largest absolute Gasteiger partial charge is 0.465 e. The molecule has 1 heterocycles. The molecule has 0 aliphatic heterocycles. The highest BCUT2D eigenvalue weighted by Crippen LogP contribution is 2.15. The Kier molecular flexibility index (Phi) is 5.62. The highest BCUT2D eigenvalue weighted by Gasteiger charge is 2.14. The smallest absolute Gasteiger partial charge is 0.331 e. The lowest BCUT2D eigenvalue weighted by molar-refractivity contribution is -0.136. The number of anilines is 1. The summed E-state index contributed by atoms with van der Waals surface area (Å²) in [6, 6.07) is 6.92. The van der Waals surface area contributed by atoms with E-state index >= 15 is 0 Å². The quantitative estimate of drug-likeness (QED) is 0.500. The van der Waals surface area contributed by atoms with Gasteiger partial charge in [-0.3, -0.25) is 9.59 Å². The van der Waals surface area contributed by atoms with E-state index < -0.39 is 24.2 Å². The number of rotatable bonds is 6. The van der Waals surface area contributed by atoms with Gasteiger partial charge in [0.1, 0.15) is 11.6 Å². The molecule has 1 amide bonds. The second-order valence-electron chi connectivity index (χ2n) is 4.76. The molecule has 2 rings (SSSR count). The summed E-state index contributed by atoms with van der Waals surface area (Å²) in [5.74, 6) is -2.16. The maximum absolute atomic E-state index is 13.9. The lowest BCUT2D eigenvalue weighted by atomic mass is 10.1. The van der Waals surface area contributed by atoms with Crippen molar-refractivity contribution in [2.75, 3.05) is 11.9 Å². The third-order valence-electron chi connectivity index (χ3n) is 2.86. The number of ketones is 1. The molecule has 0 aliphatic rings. The van der Waals surface area contributed by atoms with Gasteiger partial charge in [0.25, 0.3) is 0 Å². The van der Waals surface area contributed by atoms with Gasteiger partial charge in [-0.15, -0.1) is 0 Å². The molecular weight excluding hydrogens is 317 g/mol. The molecule has 0 unspecified atom stereocenters. The van der Waals surface area contributed by atoms with Crippen molar-refractivity contribution in [3.05, 3.63) is 59.8 Å². The highest BCUT2D eigenvalue weighted by molar-refractivity contribution is 5.99. The minimum Gasteiger partial charge on any atom is -0.465 e. The molecule has 0 fully saturated rings. The van der Waals surface area contributed by atoms with Crippen LogP contribution in [0.15, 0.2) is 47.1 Å². The molecule has 1 aromatic heterocycles. The maximum Gasteiger partial charge on any atom is 0.331 e. The fourth-order valence-corrected chi connectivity index (χ4v) is 1.82. The van der Waals surface area contributed by atoms with E-state index in [0.717, 1.165) is 12.1 Å². The van der Waals surface area contributed by atoms with Gasteiger partial charge >= 0.3 is 5.97 Å². The molecule has 6 nitrogen and oxygen atoms in total. The van der Waals surface area contributed by atoms with E-state index in [4.69, 9.17) is 9.15 Å². The van der Waals surface area contributed by atoms with Gasteiger partial charge in [0.05, 0.1) is 11.8 Å². The molecule has 124 valence electrons. The van der Waals surface area contributed by atoms with Crippen LogP contribution in [0.1, 0.15) is 23.0 Å². The first kappa shape index (κ1) is 17.1. The van der Waals surface area contributed by atoms with Crippen LogP contribution in [0.3, 0.4) is 0 Å². The second-order valence-corrected chi connectivity index (χ2v) is 4.76. The molecular formula is C17H14FNO5. The predicted octanol–water partition coefficient (Wildman–Crippen LogP) is 2.82. The lowest BCUT2D eigenvalue weighted by Gasteiger charge is -2.06. The SMILES string of the molecule is CC(=O)Nc1ccc(C(=O)COC(=O)/C=C/c2ccco2)c(F)c1. The third kappa shape index (κ3) is 4.91. The Morgan fingerprint density at radius 3 is 2.71 bits per heavy atom. The number of hydrogen-bond acceptors (Lipinski definition) is 5. The van der Waals surface area contributed by atoms with Crippen molar-refractivity contribution in [2.45, 2.75) is 6.92 Å². The van der Waals surface area contributed by atoms with Gasteiger partial charge in [-0.1, -0.05) is 0 Å². The van der Waals surface area contributed by atoms with Gasteiger partial charge in [0.2, 0.25) is 11.7 Å². The van der Waals surface area contributed by atoms with Crippen molar-refractivity contribution >= 4 is 29.4 Å². The minimum absolute atomic E-state index is 0.230. The molecule has 0 spiro atoms. The number of benzene rings is 1. The van der Waals surface area contributed by atoms with Crippen LogP contribution in [0.5, 0.6) is 0 Å². The molecule has 24 heavy (non-hydrogen) atoms. The summed E-state index contributed by atoms with van der Waals surface area (Å²) < 4.78 is 23.6. The Morgan fingerprint density at radius 1 is 1.29 bits per heavy atom. The van der Waals surface area contributed by atoms with Crippen molar-refractivity contribution in [2.24, 2.45) is 0 Å². The molecule has 2 aromatic rings. The van der Waals surface area contributed by atoms with Gasteiger partial charge in [-0.25, -0.2) is 9.18 Å². The molecule has 0 bridgehead atoms. The van der Waals surface area contributed by atoms with E-state index in [1.807, 2.05) is 0 Å². The number of esters is 1. The number of carbonyl (C=O) groups is 3. The van der Waals surface area contributed by atoms with Crippen LogP contribution >= 0.6 is 0 Å². The van der Waals surface area contributed by atoms with Gasteiger partial charge < -0.3 is 14.5 Å². The number of ether oxygens (including phenoxy) is 1. The van der Waals surface area contributed by atoms with Crippen LogP contribution < -0.4 is 5.32 Å². The lowest BCUT2D eigenvalue weighted by Crippen LogP contribution is -2.14. The highest BCUT2D eigenvalue weighted by atomic mass is 19.1. The van der Waals surface area contributed by atoms with Crippen molar-refractivity contribution in [1.29, 1.82) is 0 Å². The van der Waals surface area contributed by atoms with E-state index in [1.165, 1.54) is 31.4 Å². The number of carbonyl (C=O) groups excluding carboxylic acids is 3. The molecule has 0 aliphatic carbocycles. The van der Waals surface area contributed by atoms with E-state index in [9.17, 15) is 18.8 Å². The third-order valence-corrected chi connectivity index (χ3v) is 2.86. The number of nitrogens with one attached hydrogen (secondary N) is 1. The Morgan fingerprint density at radius 2 is 2.08 bits per heavy atom. The van der Waals surface area contributed by atoms with Crippen LogP contribution in [0.2, 0.25) is 0 Å². The molecule has 0 saturated carbocycles. The number of hydrogen-bond donors (Lipinski definition) is 1. The number of Topliss-reactive ketones (excluding diaryl/α,β-unsaturated/α-hetero) is 1. The van der Waals surface area contributed by atoms with Crippen molar-refractivity contribution in [3.8, 4) is 0 Å². The summed E-state index contributed by atoms with van der Waals surface area (Å²) in [5, 5.41) is 2.40. The zero-order chi connectivity index (χ0) is 17.5. The molecule has 0 saturated heterocycles. The van der Waals surface area contributed by atoms with Crippen LogP contribution in [0.25, 0.3) is 6.08 Å². The second kappa shape index (κ2) is 7.87. The van der Waals surface area contributed by atoms with Crippen LogP contribution in [0, 0.1) is 5.82 Å². The number of halogens is 1. The van der Waals surface area contributed by atoms with Crippen LogP contribution in [0.4, 0.5) is 10.1 Å². The first-order valence-electron chi connectivity index (χ1n) is 6.94. The molecule has 1 N–H and O–H groups in total. The summed E-state index contributed by atoms with van der Waals surface area (Å²) in [6.45, 7) is 0.685. The summed E-state index contributed by atoms with van der Waals surface area (Å²) >= 11 is 0. The summed E-state index contributed by atoms with van der Waals surface area (Å²) in [5.41, 5.74) is 0.00171. The van der Waals surface area contributed by atoms with Crippen LogP contribution in [-0.2, 0) is 14.3 Å². The van der Waals surface area contributed by atoms with Crippen LogP contribution in [-0.4, -0.2) is 24.3 Å². The summed E-state index contributed by atoms with van der Waals surface area (Å²) in [6.07, 6.45) is 3.93. The standard InChI is InChI=1S/C17H14FNO5/c1-11(20)19-12-4-6-14(15(18)9-12)16(21)10-24-17(22)7-5-13-3-2-8-23-13/h2-9H,10H2,1H3,(H,19,20)/b7-5+. The number of amides is 1. The van der Waals surface area contributed by atoms with Gasteiger partial charge in [0, 0.05) is 18.7 Å². The monoisotopic (exact) mass is 331 g/mol. The zero-order valence-corrected chi connectivity index (χ0v) is 12.7.